The molecular weight excluding hydrogens is 262 g/mol. The topological polar surface area (TPSA) is 33.2 Å². The second kappa shape index (κ2) is 3.63. The number of hydrogen-bond donors (Lipinski definition) is 0. The monoisotopic (exact) mass is 272 g/mol. The maximum Gasteiger partial charge on any atom is 0.282 e. The lowest BCUT2D eigenvalue weighted by atomic mass is 9.94. The fraction of sp³-hybridized carbons (Fsp3) is 0.500. The molecule has 0 bridgehead atoms. The van der Waals surface area contributed by atoms with Crippen molar-refractivity contribution >= 4 is 17.5 Å². The van der Waals surface area contributed by atoms with Crippen molar-refractivity contribution in [2.75, 3.05) is 13.1 Å². The highest BCUT2D eigenvalue weighted by atomic mass is 35.5. The Morgan fingerprint density at radius 2 is 2.00 bits per heavy atom. The van der Waals surface area contributed by atoms with Gasteiger partial charge in [0.1, 0.15) is 0 Å². The fourth-order valence-corrected chi connectivity index (χ4v) is 2.56. The van der Waals surface area contributed by atoms with E-state index in [0.717, 1.165) is 5.56 Å². The summed E-state index contributed by atoms with van der Waals surface area (Å²) in [5.41, 5.74) is 0.0733. The Bertz CT molecular complexity index is 509. The summed E-state index contributed by atoms with van der Waals surface area (Å²) in [6.07, 6.45) is 4.43. The number of aromatic nitrogens is 1. The lowest BCUT2D eigenvalue weighted by Crippen LogP contribution is -2.60. The van der Waals surface area contributed by atoms with Crippen molar-refractivity contribution in [1.29, 1.82) is 0 Å². The first-order valence-electron chi connectivity index (χ1n) is 5.71. The number of amides is 1. The van der Waals surface area contributed by atoms with Crippen LogP contribution >= 0.6 is 11.6 Å². The van der Waals surface area contributed by atoms with Crippen molar-refractivity contribution in [3.8, 4) is 0 Å². The zero-order valence-electron chi connectivity index (χ0n) is 9.50. The normalized spacial score (nSPS) is 23.4. The molecule has 18 heavy (non-hydrogen) atoms. The van der Waals surface area contributed by atoms with Gasteiger partial charge in [-0.2, -0.15) is 0 Å². The van der Waals surface area contributed by atoms with Crippen LogP contribution in [-0.4, -0.2) is 34.8 Å². The molecule has 1 saturated carbocycles. The van der Waals surface area contributed by atoms with Crippen molar-refractivity contribution in [1.82, 2.24) is 9.88 Å². The minimum atomic E-state index is -2.72. The van der Waals surface area contributed by atoms with Gasteiger partial charge in [-0.05, 0) is 24.5 Å². The quantitative estimate of drug-likeness (QED) is 0.827. The molecule has 3 nitrogen and oxygen atoms in total. The van der Waals surface area contributed by atoms with E-state index in [1.165, 1.54) is 11.1 Å². The predicted octanol–water partition coefficient (Wildman–Crippen LogP) is 2.24. The molecule has 1 aliphatic heterocycles. The van der Waals surface area contributed by atoms with Gasteiger partial charge >= 0.3 is 0 Å². The van der Waals surface area contributed by atoms with Crippen LogP contribution in [0.5, 0.6) is 0 Å². The van der Waals surface area contributed by atoms with Gasteiger partial charge in [0.2, 0.25) is 5.91 Å². The Hall–Kier alpha value is -1.23. The standard InChI is InChI=1S/C12H11ClF2N2O/c13-9-3-8(4-16-5-9)11(1-2-11)10(18)17-6-12(14,15)7-17/h3-5H,1-2,6-7H2. The first kappa shape index (κ1) is 11.8. The Kier molecular flexibility index (Phi) is 2.39. The average Bonchev–Trinajstić information content (AvgIpc) is 3.06. The number of alkyl halides is 2. The molecule has 0 aromatic carbocycles. The second-order valence-corrected chi connectivity index (χ2v) is 5.43. The van der Waals surface area contributed by atoms with Gasteiger partial charge in [0.05, 0.1) is 23.5 Å². The van der Waals surface area contributed by atoms with Crippen LogP contribution in [0, 0.1) is 0 Å². The first-order valence-corrected chi connectivity index (χ1v) is 6.09. The summed E-state index contributed by atoms with van der Waals surface area (Å²) in [4.78, 5) is 17.4. The molecule has 2 heterocycles. The molecule has 6 heteroatoms. The molecule has 1 aliphatic carbocycles. The van der Waals surface area contributed by atoms with Crippen LogP contribution in [0.25, 0.3) is 0 Å². The van der Waals surface area contributed by atoms with Crippen LogP contribution in [0.1, 0.15) is 18.4 Å². The van der Waals surface area contributed by atoms with Crippen molar-refractivity contribution < 1.29 is 13.6 Å². The van der Waals surface area contributed by atoms with Crippen molar-refractivity contribution in [2.45, 2.75) is 24.2 Å². The Morgan fingerprint density at radius 1 is 1.33 bits per heavy atom. The summed E-state index contributed by atoms with van der Waals surface area (Å²) in [6, 6.07) is 1.69. The third kappa shape index (κ3) is 1.77. The van der Waals surface area contributed by atoms with E-state index in [0.29, 0.717) is 17.9 Å². The van der Waals surface area contributed by atoms with Gasteiger partial charge in [0.15, 0.2) is 0 Å². The maximum absolute atomic E-state index is 12.8. The van der Waals surface area contributed by atoms with Crippen LogP contribution in [0.15, 0.2) is 18.5 Å². The maximum atomic E-state index is 12.8. The largest absolute Gasteiger partial charge is 0.330 e. The van der Waals surface area contributed by atoms with E-state index in [1.54, 1.807) is 12.3 Å². The predicted molar refractivity (Wildman–Crippen MR) is 61.7 cm³/mol. The SMILES string of the molecule is O=C(N1CC(F)(F)C1)C1(c2cncc(Cl)c2)CC1. The number of likely N-dealkylation sites (tertiary alicyclic amines) is 1. The van der Waals surface area contributed by atoms with Gasteiger partial charge < -0.3 is 4.90 Å². The third-order valence-electron chi connectivity index (χ3n) is 3.55. The lowest BCUT2D eigenvalue weighted by molar-refractivity contribution is -0.168. The Balaban J connectivity index is 1.82. The van der Waals surface area contributed by atoms with Gasteiger partial charge in [0.25, 0.3) is 5.92 Å². The highest BCUT2D eigenvalue weighted by Crippen LogP contribution is 2.51. The Labute approximate surface area is 108 Å². The molecule has 0 spiro atoms. The number of carbonyl (C=O) groups is 1. The molecule has 2 fully saturated rings. The molecule has 2 aliphatic rings. The summed E-state index contributed by atoms with van der Waals surface area (Å²) < 4.78 is 25.6. The van der Waals surface area contributed by atoms with Crippen LogP contribution in [0.2, 0.25) is 5.02 Å². The third-order valence-corrected chi connectivity index (χ3v) is 3.76. The molecule has 0 N–H and O–H groups in total. The van der Waals surface area contributed by atoms with E-state index in [1.807, 2.05) is 0 Å². The summed E-state index contributed by atoms with van der Waals surface area (Å²) in [5.74, 6) is -2.95. The van der Waals surface area contributed by atoms with Crippen LogP contribution in [0.4, 0.5) is 8.78 Å². The molecule has 0 atom stereocenters. The van der Waals surface area contributed by atoms with Crippen molar-refractivity contribution in [3.63, 3.8) is 0 Å². The van der Waals surface area contributed by atoms with Gasteiger partial charge in [-0.25, -0.2) is 8.78 Å². The molecule has 1 saturated heterocycles. The van der Waals surface area contributed by atoms with Gasteiger partial charge in [-0.15, -0.1) is 0 Å². The van der Waals surface area contributed by atoms with E-state index < -0.39 is 24.4 Å². The van der Waals surface area contributed by atoms with E-state index >= 15 is 0 Å². The smallest absolute Gasteiger partial charge is 0.282 e. The highest BCUT2D eigenvalue weighted by Gasteiger charge is 2.58. The molecule has 0 radical (unpaired) electrons. The summed E-state index contributed by atoms with van der Waals surface area (Å²) in [7, 11) is 0. The lowest BCUT2D eigenvalue weighted by Gasteiger charge is -2.40. The number of hydrogen-bond acceptors (Lipinski definition) is 2. The van der Waals surface area contributed by atoms with Crippen LogP contribution < -0.4 is 0 Å². The van der Waals surface area contributed by atoms with Gasteiger partial charge in [-0.1, -0.05) is 11.6 Å². The molecule has 3 rings (SSSR count). The van der Waals surface area contributed by atoms with Crippen LogP contribution in [-0.2, 0) is 10.2 Å². The zero-order valence-corrected chi connectivity index (χ0v) is 10.3. The fourth-order valence-electron chi connectivity index (χ4n) is 2.38. The summed E-state index contributed by atoms with van der Waals surface area (Å²) in [6.45, 7) is -0.941. The number of halogens is 3. The molecular formula is C12H11ClF2N2O. The first-order chi connectivity index (χ1) is 8.43. The minimum absolute atomic E-state index is 0.225. The average molecular weight is 273 g/mol. The number of rotatable bonds is 2. The summed E-state index contributed by atoms with van der Waals surface area (Å²) in [5, 5.41) is 0.459. The van der Waals surface area contributed by atoms with Crippen LogP contribution in [0.3, 0.4) is 0 Å². The van der Waals surface area contributed by atoms with E-state index in [4.69, 9.17) is 11.6 Å². The molecule has 96 valence electrons. The highest BCUT2D eigenvalue weighted by molar-refractivity contribution is 6.30. The Morgan fingerprint density at radius 3 is 2.50 bits per heavy atom. The van der Waals surface area contributed by atoms with Gasteiger partial charge in [0, 0.05) is 12.4 Å². The molecule has 1 aromatic rings. The number of carbonyl (C=O) groups excluding carboxylic acids is 1. The number of pyridine rings is 1. The van der Waals surface area contributed by atoms with Gasteiger partial charge in [-0.3, -0.25) is 9.78 Å². The van der Waals surface area contributed by atoms with E-state index in [9.17, 15) is 13.6 Å². The molecule has 1 amide bonds. The number of nitrogens with zero attached hydrogens (tertiary/aromatic N) is 2. The summed E-state index contributed by atoms with van der Waals surface area (Å²) >= 11 is 5.85. The van der Waals surface area contributed by atoms with Crippen molar-refractivity contribution in [3.05, 3.63) is 29.0 Å². The molecule has 0 unspecified atom stereocenters. The molecule has 1 aromatic heterocycles. The van der Waals surface area contributed by atoms with E-state index in [2.05, 4.69) is 4.98 Å². The van der Waals surface area contributed by atoms with Crippen molar-refractivity contribution in [2.24, 2.45) is 0 Å². The van der Waals surface area contributed by atoms with E-state index in [-0.39, 0.29) is 5.91 Å². The second-order valence-electron chi connectivity index (χ2n) is 4.99. The minimum Gasteiger partial charge on any atom is -0.330 e. The zero-order chi connectivity index (χ0) is 13.0.